The fourth-order valence-electron chi connectivity index (χ4n) is 3.71. The van der Waals surface area contributed by atoms with Crippen LogP contribution in [0.2, 0.25) is 5.02 Å². The normalized spacial score (nSPS) is 19.2. The Labute approximate surface area is 162 Å². The molecule has 1 aromatic heterocycles. The molecule has 0 spiro atoms. The van der Waals surface area contributed by atoms with Gasteiger partial charge in [0.2, 0.25) is 5.91 Å². The number of anilines is 1. The lowest BCUT2D eigenvalue weighted by Gasteiger charge is -2.19. The molecular formula is C21H19ClN4O. The van der Waals surface area contributed by atoms with Crippen LogP contribution in [0.15, 0.2) is 60.9 Å². The van der Waals surface area contributed by atoms with Crippen molar-refractivity contribution in [2.75, 3.05) is 5.32 Å². The van der Waals surface area contributed by atoms with Gasteiger partial charge in [-0.1, -0.05) is 29.8 Å². The number of amides is 1. The van der Waals surface area contributed by atoms with E-state index in [0.717, 1.165) is 35.3 Å². The standard InChI is InChI=1S/C21H19ClN4O/c22-16-6-7-18-14(10-16)11-19(24-18)20(27)25-21(8-9-21)15-12-23-26(13-15)17-4-2-1-3-5-17/h1-7,10,12-13,19,24H,8-9,11H2,(H,25,27). The number of benzene rings is 2. The highest BCUT2D eigenvalue weighted by molar-refractivity contribution is 6.30. The van der Waals surface area contributed by atoms with Gasteiger partial charge in [0.1, 0.15) is 6.04 Å². The predicted molar refractivity (Wildman–Crippen MR) is 105 cm³/mol. The minimum Gasteiger partial charge on any atom is -0.373 e. The number of nitrogens with one attached hydrogen (secondary N) is 2. The van der Waals surface area contributed by atoms with Gasteiger partial charge in [-0.2, -0.15) is 5.10 Å². The van der Waals surface area contributed by atoms with Gasteiger partial charge < -0.3 is 10.6 Å². The number of hydrogen-bond acceptors (Lipinski definition) is 3. The summed E-state index contributed by atoms with van der Waals surface area (Å²) in [6.07, 6.45) is 6.40. The molecule has 5 nitrogen and oxygen atoms in total. The van der Waals surface area contributed by atoms with Crippen LogP contribution in [0.5, 0.6) is 0 Å². The van der Waals surface area contributed by atoms with Crippen LogP contribution in [-0.2, 0) is 16.8 Å². The number of nitrogens with zero attached hydrogens (tertiary/aromatic N) is 2. The largest absolute Gasteiger partial charge is 0.373 e. The van der Waals surface area contributed by atoms with Gasteiger partial charge in [-0.25, -0.2) is 4.68 Å². The molecule has 0 saturated heterocycles. The van der Waals surface area contributed by atoms with E-state index in [9.17, 15) is 4.79 Å². The Morgan fingerprint density at radius 3 is 2.81 bits per heavy atom. The van der Waals surface area contributed by atoms with Crippen molar-refractivity contribution in [3.63, 3.8) is 0 Å². The molecule has 136 valence electrons. The highest BCUT2D eigenvalue weighted by Gasteiger charge is 2.47. The van der Waals surface area contributed by atoms with Crippen molar-refractivity contribution in [2.45, 2.75) is 30.8 Å². The predicted octanol–water partition coefficient (Wildman–Crippen LogP) is 3.67. The summed E-state index contributed by atoms with van der Waals surface area (Å²) in [7, 11) is 0. The van der Waals surface area contributed by atoms with Crippen molar-refractivity contribution in [3.8, 4) is 5.69 Å². The van der Waals surface area contributed by atoms with Crippen LogP contribution in [0.4, 0.5) is 5.69 Å². The second-order valence-corrected chi connectivity index (χ2v) is 7.72. The van der Waals surface area contributed by atoms with E-state index in [1.165, 1.54) is 0 Å². The number of hydrogen-bond donors (Lipinski definition) is 2. The number of halogens is 1. The molecule has 2 N–H and O–H groups in total. The van der Waals surface area contributed by atoms with E-state index in [0.29, 0.717) is 11.4 Å². The van der Waals surface area contributed by atoms with Gasteiger partial charge in [0, 0.05) is 28.9 Å². The van der Waals surface area contributed by atoms with Gasteiger partial charge in [0.25, 0.3) is 0 Å². The van der Waals surface area contributed by atoms with Crippen LogP contribution in [0, 0.1) is 0 Å². The monoisotopic (exact) mass is 378 g/mol. The van der Waals surface area contributed by atoms with E-state index in [-0.39, 0.29) is 17.5 Å². The van der Waals surface area contributed by atoms with E-state index < -0.39 is 0 Å². The third kappa shape index (κ3) is 2.98. The Hall–Kier alpha value is -2.79. The highest BCUT2D eigenvalue weighted by Crippen LogP contribution is 2.45. The topological polar surface area (TPSA) is 59.0 Å². The Morgan fingerprint density at radius 1 is 1.22 bits per heavy atom. The van der Waals surface area contributed by atoms with Gasteiger partial charge in [-0.3, -0.25) is 4.79 Å². The molecule has 6 heteroatoms. The summed E-state index contributed by atoms with van der Waals surface area (Å²) < 4.78 is 1.85. The molecule has 1 aliphatic carbocycles. The first-order chi connectivity index (χ1) is 13.1. The first-order valence-electron chi connectivity index (χ1n) is 9.11. The molecule has 0 bridgehead atoms. The second kappa shape index (κ2) is 6.13. The Balaban J connectivity index is 1.31. The van der Waals surface area contributed by atoms with Crippen molar-refractivity contribution >= 4 is 23.2 Å². The SMILES string of the molecule is O=C(NC1(c2cnn(-c3ccccc3)c2)CC1)C1Cc2cc(Cl)ccc2N1. The molecule has 0 radical (unpaired) electrons. The maximum atomic E-state index is 12.9. The van der Waals surface area contributed by atoms with Crippen molar-refractivity contribution in [1.82, 2.24) is 15.1 Å². The van der Waals surface area contributed by atoms with E-state index in [4.69, 9.17) is 11.6 Å². The second-order valence-electron chi connectivity index (χ2n) is 7.28. The van der Waals surface area contributed by atoms with Crippen LogP contribution in [0.1, 0.15) is 24.0 Å². The summed E-state index contributed by atoms with van der Waals surface area (Å²) in [5.74, 6) is 0.0206. The van der Waals surface area contributed by atoms with Crippen LogP contribution in [-0.4, -0.2) is 21.7 Å². The van der Waals surface area contributed by atoms with E-state index >= 15 is 0 Å². The Kier molecular flexibility index (Phi) is 3.72. The number of aromatic nitrogens is 2. The molecule has 5 rings (SSSR count). The smallest absolute Gasteiger partial charge is 0.243 e. The summed E-state index contributed by atoms with van der Waals surface area (Å²) >= 11 is 6.06. The third-order valence-electron chi connectivity index (χ3n) is 5.41. The zero-order valence-corrected chi connectivity index (χ0v) is 15.4. The van der Waals surface area contributed by atoms with Crippen LogP contribution in [0.25, 0.3) is 5.69 Å². The number of fused-ring (bicyclic) bond motifs is 1. The van der Waals surface area contributed by atoms with Gasteiger partial charge in [-0.15, -0.1) is 0 Å². The first kappa shape index (κ1) is 16.4. The molecule has 2 heterocycles. The van der Waals surface area contributed by atoms with Crippen molar-refractivity contribution in [2.24, 2.45) is 0 Å². The van der Waals surface area contributed by atoms with E-state index in [2.05, 4.69) is 15.7 Å². The molecule has 1 unspecified atom stereocenters. The quantitative estimate of drug-likeness (QED) is 0.728. The first-order valence-corrected chi connectivity index (χ1v) is 9.48. The average Bonchev–Trinajstić information content (AvgIpc) is 3.11. The lowest BCUT2D eigenvalue weighted by molar-refractivity contribution is -0.122. The summed E-state index contributed by atoms with van der Waals surface area (Å²) in [6, 6.07) is 15.4. The highest BCUT2D eigenvalue weighted by atomic mass is 35.5. The zero-order chi connectivity index (χ0) is 18.4. The van der Waals surface area contributed by atoms with Crippen LogP contribution < -0.4 is 10.6 Å². The van der Waals surface area contributed by atoms with Crippen molar-refractivity contribution in [1.29, 1.82) is 0 Å². The maximum absolute atomic E-state index is 12.9. The number of carbonyl (C=O) groups is 1. The molecule has 1 saturated carbocycles. The number of carbonyl (C=O) groups excluding carboxylic acids is 1. The van der Waals surface area contributed by atoms with E-state index in [1.807, 2.05) is 65.6 Å². The van der Waals surface area contributed by atoms with Gasteiger partial charge >= 0.3 is 0 Å². The minimum absolute atomic E-state index is 0.0206. The number of para-hydroxylation sites is 1. The minimum atomic E-state index is -0.293. The Bertz CT molecular complexity index is 1010. The fraction of sp³-hybridized carbons (Fsp3) is 0.238. The molecule has 2 aromatic carbocycles. The lowest BCUT2D eigenvalue weighted by atomic mass is 10.1. The molecule has 3 aromatic rings. The molecule has 1 amide bonds. The van der Waals surface area contributed by atoms with Crippen LogP contribution in [0.3, 0.4) is 0 Å². The van der Waals surface area contributed by atoms with Crippen molar-refractivity contribution in [3.05, 3.63) is 77.1 Å². The summed E-state index contributed by atoms with van der Waals surface area (Å²) in [5.41, 5.74) is 3.85. The maximum Gasteiger partial charge on any atom is 0.243 e. The van der Waals surface area contributed by atoms with Gasteiger partial charge in [0.05, 0.1) is 17.4 Å². The van der Waals surface area contributed by atoms with Crippen LogP contribution >= 0.6 is 11.6 Å². The number of rotatable bonds is 4. The summed E-state index contributed by atoms with van der Waals surface area (Å²) in [4.78, 5) is 12.9. The third-order valence-corrected chi connectivity index (χ3v) is 5.64. The summed E-state index contributed by atoms with van der Waals surface area (Å²) in [5, 5.41) is 11.7. The van der Waals surface area contributed by atoms with E-state index in [1.54, 1.807) is 0 Å². The van der Waals surface area contributed by atoms with Crippen molar-refractivity contribution < 1.29 is 4.79 Å². The zero-order valence-electron chi connectivity index (χ0n) is 14.7. The Morgan fingerprint density at radius 2 is 2.04 bits per heavy atom. The molecule has 1 aliphatic heterocycles. The van der Waals surface area contributed by atoms with Gasteiger partial charge in [-0.05, 0) is 48.7 Å². The van der Waals surface area contributed by atoms with Gasteiger partial charge in [0.15, 0.2) is 0 Å². The molecule has 2 aliphatic rings. The fourth-order valence-corrected chi connectivity index (χ4v) is 3.91. The average molecular weight is 379 g/mol. The molecule has 27 heavy (non-hydrogen) atoms. The molecular weight excluding hydrogens is 360 g/mol. The molecule has 1 fully saturated rings. The summed E-state index contributed by atoms with van der Waals surface area (Å²) in [6.45, 7) is 0. The lowest BCUT2D eigenvalue weighted by Crippen LogP contribution is -2.44. The molecule has 1 atom stereocenters.